The zero-order valence-electron chi connectivity index (χ0n) is 18.1. The zero-order valence-corrected chi connectivity index (χ0v) is 18.1. The Bertz CT molecular complexity index is 909. The molecule has 0 radical (unpaired) electrons. The SMILES string of the molecule is CCOC(=O)N1CC2(CC[C@@H](N3CCN(c4ncccc4-c4ccncn4)CC3)C2)C1. The number of piperazine rings is 1. The molecule has 1 saturated carbocycles. The summed E-state index contributed by atoms with van der Waals surface area (Å²) in [5, 5.41) is 0. The number of ether oxygens (including phenoxy) is 1. The average Bonchev–Trinajstić information content (AvgIpc) is 3.25. The number of amides is 1. The van der Waals surface area contributed by atoms with Gasteiger partial charge in [-0.1, -0.05) is 0 Å². The topological polar surface area (TPSA) is 74.7 Å². The van der Waals surface area contributed by atoms with Crippen molar-refractivity contribution < 1.29 is 9.53 Å². The highest BCUT2D eigenvalue weighted by molar-refractivity contribution is 5.73. The number of carbonyl (C=O) groups is 1. The minimum Gasteiger partial charge on any atom is -0.450 e. The Balaban J connectivity index is 1.18. The van der Waals surface area contributed by atoms with Gasteiger partial charge >= 0.3 is 6.09 Å². The van der Waals surface area contributed by atoms with E-state index < -0.39 is 0 Å². The Morgan fingerprint density at radius 3 is 2.74 bits per heavy atom. The Morgan fingerprint density at radius 1 is 1.16 bits per heavy atom. The third-order valence-electron chi connectivity index (χ3n) is 7.03. The summed E-state index contributed by atoms with van der Waals surface area (Å²) in [6, 6.07) is 6.61. The summed E-state index contributed by atoms with van der Waals surface area (Å²) in [7, 11) is 0. The molecule has 2 aromatic heterocycles. The summed E-state index contributed by atoms with van der Waals surface area (Å²) < 4.78 is 5.14. The van der Waals surface area contributed by atoms with Crippen LogP contribution < -0.4 is 4.90 Å². The number of aromatic nitrogens is 3. The van der Waals surface area contributed by atoms with Crippen LogP contribution in [0.25, 0.3) is 11.3 Å². The molecule has 8 nitrogen and oxygen atoms in total. The van der Waals surface area contributed by atoms with Crippen molar-refractivity contribution in [1.29, 1.82) is 0 Å². The van der Waals surface area contributed by atoms with Gasteiger partial charge in [-0.15, -0.1) is 0 Å². The molecule has 0 bridgehead atoms. The molecule has 1 atom stereocenters. The molecule has 3 aliphatic rings. The summed E-state index contributed by atoms with van der Waals surface area (Å²) >= 11 is 0. The lowest BCUT2D eigenvalue weighted by Gasteiger charge is -2.48. The molecule has 3 fully saturated rings. The second-order valence-corrected chi connectivity index (χ2v) is 8.94. The molecule has 4 heterocycles. The number of pyridine rings is 1. The summed E-state index contributed by atoms with van der Waals surface area (Å²) in [4.78, 5) is 31.9. The molecule has 31 heavy (non-hydrogen) atoms. The molecule has 1 spiro atoms. The van der Waals surface area contributed by atoms with Crippen molar-refractivity contribution in [1.82, 2.24) is 24.8 Å². The normalized spacial score (nSPS) is 23.1. The van der Waals surface area contributed by atoms with Gasteiger partial charge in [0.1, 0.15) is 12.1 Å². The van der Waals surface area contributed by atoms with E-state index in [0.29, 0.717) is 18.1 Å². The molecule has 5 rings (SSSR count). The summed E-state index contributed by atoms with van der Waals surface area (Å²) in [6.07, 6.45) is 8.70. The van der Waals surface area contributed by atoms with Crippen LogP contribution in [0.5, 0.6) is 0 Å². The molecule has 2 saturated heterocycles. The van der Waals surface area contributed by atoms with Crippen LogP contribution in [0.3, 0.4) is 0 Å². The molecule has 0 N–H and O–H groups in total. The predicted octanol–water partition coefficient (Wildman–Crippen LogP) is 2.67. The molecular formula is C23H30N6O2. The number of nitrogens with zero attached hydrogens (tertiary/aromatic N) is 6. The number of carbonyl (C=O) groups excluding carboxylic acids is 1. The van der Waals surface area contributed by atoms with E-state index in [1.54, 1.807) is 12.5 Å². The monoisotopic (exact) mass is 422 g/mol. The largest absolute Gasteiger partial charge is 0.450 e. The predicted molar refractivity (Wildman–Crippen MR) is 118 cm³/mol. The first kappa shape index (κ1) is 20.2. The Morgan fingerprint density at radius 2 is 2.00 bits per heavy atom. The van der Waals surface area contributed by atoms with E-state index in [-0.39, 0.29) is 6.09 Å². The highest BCUT2D eigenvalue weighted by atomic mass is 16.6. The maximum absolute atomic E-state index is 11.9. The van der Waals surface area contributed by atoms with Crippen molar-refractivity contribution in [3.8, 4) is 11.3 Å². The summed E-state index contributed by atoms with van der Waals surface area (Å²) in [5.41, 5.74) is 2.29. The van der Waals surface area contributed by atoms with Gasteiger partial charge in [0.2, 0.25) is 0 Å². The van der Waals surface area contributed by atoms with Gasteiger partial charge in [0.15, 0.2) is 0 Å². The molecule has 2 aromatic rings. The fourth-order valence-corrected chi connectivity index (χ4v) is 5.48. The number of rotatable bonds is 4. The highest BCUT2D eigenvalue weighted by Gasteiger charge is 2.51. The molecule has 0 unspecified atom stereocenters. The third-order valence-corrected chi connectivity index (χ3v) is 7.03. The van der Waals surface area contributed by atoms with Gasteiger partial charge in [0, 0.05) is 68.7 Å². The minimum absolute atomic E-state index is 0.153. The van der Waals surface area contributed by atoms with E-state index in [4.69, 9.17) is 4.74 Å². The van der Waals surface area contributed by atoms with E-state index in [9.17, 15) is 4.79 Å². The fourth-order valence-electron chi connectivity index (χ4n) is 5.48. The number of likely N-dealkylation sites (tertiary alicyclic amines) is 1. The van der Waals surface area contributed by atoms with E-state index in [1.807, 2.05) is 30.2 Å². The van der Waals surface area contributed by atoms with Crippen molar-refractivity contribution in [2.24, 2.45) is 5.41 Å². The number of hydrogen-bond acceptors (Lipinski definition) is 7. The molecular weight excluding hydrogens is 392 g/mol. The molecule has 1 aliphatic carbocycles. The first-order valence-corrected chi connectivity index (χ1v) is 11.3. The van der Waals surface area contributed by atoms with Crippen LogP contribution in [0.2, 0.25) is 0 Å². The van der Waals surface area contributed by atoms with Crippen LogP contribution in [0.15, 0.2) is 36.9 Å². The van der Waals surface area contributed by atoms with Gasteiger partial charge in [0.05, 0.1) is 12.3 Å². The molecule has 1 amide bonds. The summed E-state index contributed by atoms with van der Waals surface area (Å²) in [6.45, 7) is 8.05. The smallest absolute Gasteiger partial charge is 0.409 e. The average molecular weight is 423 g/mol. The molecule has 0 aromatic carbocycles. The van der Waals surface area contributed by atoms with Gasteiger partial charge in [-0.05, 0) is 44.4 Å². The quantitative estimate of drug-likeness (QED) is 0.750. The Hall–Kier alpha value is -2.74. The lowest BCUT2D eigenvalue weighted by Crippen LogP contribution is -2.58. The van der Waals surface area contributed by atoms with Crippen LogP contribution in [-0.4, -0.2) is 82.8 Å². The lowest BCUT2D eigenvalue weighted by atomic mass is 9.78. The van der Waals surface area contributed by atoms with Crippen molar-refractivity contribution >= 4 is 11.9 Å². The fraction of sp³-hybridized carbons (Fsp3) is 0.565. The summed E-state index contributed by atoms with van der Waals surface area (Å²) in [5.74, 6) is 1.01. The van der Waals surface area contributed by atoms with Gasteiger partial charge in [-0.2, -0.15) is 0 Å². The van der Waals surface area contributed by atoms with Crippen LogP contribution in [0.4, 0.5) is 10.6 Å². The van der Waals surface area contributed by atoms with Crippen LogP contribution in [-0.2, 0) is 4.74 Å². The van der Waals surface area contributed by atoms with E-state index >= 15 is 0 Å². The van der Waals surface area contributed by atoms with E-state index in [2.05, 4.69) is 30.8 Å². The maximum Gasteiger partial charge on any atom is 0.409 e. The third kappa shape index (κ3) is 3.96. The standard InChI is InChI=1S/C23H30N6O2/c1-2-31-22(30)29-15-23(16-29)7-5-18(14-23)27-10-12-28(13-11-27)21-19(4-3-8-25-21)20-6-9-24-17-26-20/h3-4,6,8-9,17-18H,2,5,7,10-16H2,1H3/t18-/m1/s1. The van der Waals surface area contributed by atoms with Crippen LogP contribution in [0, 0.1) is 5.41 Å². The van der Waals surface area contributed by atoms with Gasteiger partial charge in [0.25, 0.3) is 0 Å². The molecule has 8 heteroatoms. The van der Waals surface area contributed by atoms with Crippen LogP contribution in [0.1, 0.15) is 26.2 Å². The Kier molecular flexibility index (Phi) is 5.48. The Labute approximate surface area is 183 Å². The van der Waals surface area contributed by atoms with Gasteiger partial charge in [-0.3, -0.25) is 4.90 Å². The van der Waals surface area contributed by atoms with E-state index in [1.165, 1.54) is 19.3 Å². The van der Waals surface area contributed by atoms with Gasteiger partial charge in [-0.25, -0.2) is 19.7 Å². The van der Waals surface area contributed by atoms with Gasteiger partial charge < -0.3 is 14.5 Å². The van der Waals surface area contributed by atoms with Crippen molar-refractivity contribution in [2.75, 3.05) is 50.8 Å². The van der Waals surface area contributed by atoms with Crippen molar-refractivity contribution in [2.45, 2.75) is 32.2 Å². The lowest BCUT2D eigenvalue weighted by molar-refractivity contribution is -0.00294. The molecule has 2 aliphatic heterocycles. The number of hydrogen-bond donors (Lipinski definition) is 0. The number of anilines is 1. The second-order valence-electron chi connectivity index (χ2n) is 8.94. The second kappa shape index (κ2) is 8.42. The first-order chi connectivity index (χ1) is 15.2. The van der Waals surface area contributed by atoms with Crippen molar-refractivity contribution in [3.63, 3.8) is 0 Å². The maximum atomic E-state index is 11.9. The van der Waals surface area contributed by atoms with E-state index in [0.717, 1.165) is 56.3 Å². The first-order valence-electron chi connectivity index (χ1n) is 11.3. The highest BCUT2D eigenvalue weighted by Crippen LogP contribution is 2.47. The van der Waals surface area contributed by atoms with Crippen molar-refractivity contribution in [3.05, 3.63) is 36.9 Å². The molecule has 164 valence electrons. The zero-order chi connectivity index (χ0) is 21.3. The minimum atomic E-state index is -0.153. The van der Waals surface area contributed by atoms with Crippen LogP contribution >= 0.6 is 0 Å².